The minimum atomic E-state index is -1.11. The van der Waals surface area contributed by atoms with Gasteiger partial charge in [0, 0.05) is 0 Å². The lowest BCUT2D eigenvalue weighted by Gasteiger charge is -2.30. The van der Waals surface area contributed by atoms with Crippen molar-refractivity contribution in [3.63, 3.8) is 0 Å². The summed E-state index contributed by atoms with van der Waals surface area (Å²) in [5.41, 5.74) is 0. The summed E-state index contributed by atoms with van der Waals surface area (Å²) in [4.78, 5) is 34.7. The third-order valence-corrected chi connectivity index (χ3v) is 5.56. The number of carbonyl (C=O) groups is 3. The number of hydrogen-bond acceptors (Lipinski definition) is 4. The Hall–Kier alpha value is -1.59. The zero-order valence-corrected chi connectivity index (χ0v) is 16.7. The van der Waals surface area contributed by atoms with Gasteiger partial charge < -0.3 is 14.9 Å². The number of carbonyl (C=O) groups excluding carboxylic acids is 1. The van der Waals surface area contributed by atoms with Crippen molar-refractivity contribution in [3.05, 3.63) is 0 Å². The second kappa shape index (κ2) is 13.6. The monoisotopic (exact) mass is 384 g/mol. The van der Waals surface area contributed by atoms with Crippen molar-refractivity contribution in [2.75, 3.05) is 6.61 Å². The fourth-order valence-electron chi connectivity index (χ4n) is 3.82. The number of esters is 1. The summed E-state index contributed by atoms with van der Waals surface area (Å²) in [5.74, 6) is -4.94. The lowest BCUT2D eigenvalue weighted by molar-refractivity contribution is -0.163. The smallest absolute Gasteiger partial charge is 0.309 e. The van der Waals surface area contributed by atoms with Gasteiger partial charge in [-0.2, -0.15) is 0 Å². The van der Waals surface area contributed by atoms with Crippen LogP contribution in [0.3, 0.4) is 0 Å². The molecule has 0 saturated heterocycles. The molecule has 6 nitrogen and oxygen atoms in total. The van der Waals surface area contributed by atoms with Gasteiger partial charge in [0.1, 0.15) is 0 Å². The number of hydrogen-bond donors (Lipinski definition) is 2. The minimum absolute atomic E-state index is 0.00267. The first-order valence-electron chi connectivity index (χ1n) is 10.6. The van der Waals surface area contributed by atoms with E-state index in [1.165, 1.54) is 44.9 Å². The molecule has 156 valence electrons. The van der Waals surface area contributed by atoms with Crippen molar-refractivity contribution in [2.24, 2.45) is 17.8 Å². The second-order valence-electron chi connectivity index (χ2n) is 7.75. The first-order chi connectivity index (χ1) is 13.0. The van der Waals surface area contributed by atoms with E-state index in [1.807, 2.05) is 0 Å². The van der Waals surface area contributed by atoms with Crippen molar-refractivity contribution in [3.8, 4) is 0 Å². The molecule has 0 heterocycles. The van der Waals surface area contributed by atoms with Crippen LogP contribution in [0.4, 0.5) is 0 Å². The zero-order valence-electron chi connectivity index (χ0n) is 16.7. The minimum Gasteiger partial charge on any atom is -0.481 e. The Morgan fingerprint density at radius 3 is 1.85 bits per heavy atom. The molecule has 2 N–H and O–H groups in total. The molecule has 6 heteroatoms. The summed E-state index contributed by atoms with van der Waals surface area (Å²) >= 11 is 0. The number of carboxylic acids is 2. The standard InChI is InChI=1S/C21H36O6/c1-2-3-4-5-6-7-8-9-10-11-14-27-21(26)17-13-12-16(19(22)23)15-18(17)20(24)25/h16-18H,2-15H2,1H3,(H,22,23)(H,24,25). The highest BCUT2D eigenvalue weighted by Crippen LogP contribution is 2.35. The Morgan fingerprint density at radius 1 is 0.778 bits per heavy atom. The normalized spacial score (nSPS) is 22.3. The van der Waals surface area contributed by atoms with Crippen molar-refractivity contribution >= 4 is 17.9 Å². The van der Waals surface area contributed by atoms with Gasteiger partial charge >= 0.3 is 17.9 Å². The molecule has 27 heavy (non-hydrogen) atoms. The molecule has 1 rings (SSSR count). The second-order valence-corrected chi connectivity index (χ2v) is 7.75. The van der Waals surface area contributed by atoms with Gasteiger partial charge in [0.2, 0.25) is 0 Å². The van der Waals surface area contributed by atoms with Crippen LogP contribution in [-0.4, -0.2) is 34.7 Å². The van der Waals surface area contributed by atoms with Gasteiger partial charge in [-0.1, -0.05) is 64.7 Å². The molecule has 0 aromatic heterocycles. The van der Waals surface area contributed by atoms with Crippen LogP contribution >= 0.6 is 0 Å². The number of ether oxygens (including phenoxy) is 1. The number of aliphatic carboxylic acids is 2. The summed E-state index contributed by atoms with van der Waals surface area (Å²) in [6, 6.07) is 0. The molecule has 0 spiro atoms. The lowest BCUT2D eigenvalue weighted by Crippen LogP contribution is -2.38. The fourth-order valence-corrected chi connectivity index (χ4v) is 3.82. The molecule has 1 aliphatic carbocycles. The van der Waals surface area contributed by atoms with Gasteiger partial charge in [-0.15, -0.1) is 0 Å². The summed E-state index contributed by atoms with van der Waals surface area (Å²) in [6.07, 6.45) is 12.6. The number of carboxylic acid groups (broad SMARTS) is 2. The third kappa shape index (κ3) is 9.25. The molecule has 1 saturated carbocycles. The quantitative estimate of drug-likeness (QED) is 0.334. The van der Waals surface area contributed by atoms with Crippen LogP contribution in [0.1, 0.15) is 90.4 Å². The summed E-state index contributed by atoms with van der Waals surface area (Å²) < 4.78 is 5.28. The summed E-state index contributed by atoms with van der Waals surface area (Å²) in [5, 5.41) is 18.4. The van der Waals surface area contributed by atoms with Crippen LogP contribution in [-0.2, 0) is 19.1 Å². The van der Waals surface area contributed by atoms with Crippen LogP contribution in [0.2, 0.25) is 0 Å². The molecule has 0 amide bonds. The van der Waals surface area contributed by atoms with Crippen LogP contribution in [0, 0.1) is 17.8 Å². The molecule has 0 radical (unpaired) electrons. The highest BCUT2D eigenvalue weighted by molar-refractivity contribution is 5.82. The summed E-state index contributed by atoms with van der Waals surface area (Å²) in [6.45, 7) is 2.54. The average Bonchev–Trinajstić information content (AvgIpc) is 2.65. The van der Waals surface area contributed by atoms with E-state index >= 15 is 0 Å². The van der Waals surface area contributed by atoms with Gasteiger partial charge in [-0.05, 0) is 25.7 Å². The lowest BCUT2D eigenvalue weighted by atomic mass is 9.74. The van der Waals surface area contributed by atoms with Gasteiger partial charge in [-0.3, -0.25) is 14.4 Å². The van der Waals surface area contributed by atoms with Gasteiger partial charge in [0.25, 0.3) is 0 Å². The van der Waals surface area contributed by atoms with Gasteiger partial charge in [-0.25, -0.2) is 0 Å². The Labute approximate surface area is 162 Å². The molecule has 1 aliphatic rings. The highest BCUT2D eigenvalue weighted by Gasteiger charge is 2.42. The maximum atomic E-state index is 12.2. The molecule has 3 atom stereocenters. The zero-order chi connectivity index (χ0) is 20.1. The Kier molecular flexibility index (Phi) is 11.8. The van der Waals surface area contributed by atoms with E-state index in [4.69, 9.17) is 9.84 Å². The van der Waals surface area contributed by atoms with E-state index in [9.17, 15) is 19.5 Å². The number of rotatable bonds is 14. The van der Waals surface area contributed by atoms with Crippen LogP contribution in [0.25, 0.3) is 0 Å². The average molecular weight is 385 g/mol. The van der Waals surface area contributed by atoms with Crippen molar-refractivity contribution in [1.29, 1.82) is 0 Å². The Morgan fingerprint density at radius 2 is 1.33 bits per heavy atom. The maximum absolute atomic E-state index is 12.2. The highest BCUT2D eigenvalue weighted by atomic mass is 16.5. The molecular weight excluding hydrogens is 348 g/mol. The summed E-state index contributed by atoms with van der Waals surface area (Å²) in [7, 11) is 0. The van der Waals surface area contributed by atoms with E-state index in [-0.39, 0.29) is 12.8 Å². The van der Waals surface area contributed by atoms with Crippen LogP contribution in [0.5, 0.6) is 0 Å². The molecule has 0 aromatic rings. The predicted molar refractivity (Wildman–Crippen MR) is 102 cm³/mol. The number of unbranched alkanes of at least 4 members (excludes halogenated alkanes) is 9. The Balaban J connectivity index is 2.15. The Bertz CT molecular complexity index is 462. The molecule has 0 aromatic carbocycles. The third-order valence-electron chi connectivity index (χ3n) is 5.56. The first-order valence-corrected chi connectivity index (χ1v) is 10.6. The fraction of sp³-hybridized carbons (Fsp3) is 0.857. The van der Waals surface area contributed by atoms with E-state index in [0.717, 1.165) is 19.3 Å². The molecule has 0 aliphatic heterocycles. The van der Waals surface area contributed by atoms with E-state index in [1.54, 1.807) is 0 Å². The first kappa shape index (κ1) is 23.4. The van der Waals surface area contributed by atoms with E-state index < -0.39 is 35.7 Å². The molecule has 0 bridgehead atoms. The van der Waals surface area contributed by atoms with Crippen molar-refractivity contribution < 1.29 is 29.3 Å². The molecule has 1 fully saturated rings. The largest absolute Gasteiger partial charge is 0.481 e. The van der Waals surface area contributed by atoms with Gasteiger partial charge in [0.15, 0.2) is 0 Å². The topological polar surface area (TPSA) is 101 Å². The molecule has 3 unspecified atom stereocenters. The van der Waals surface area contributed by atoms with Crippen LogP contribution < -0.4 is 0 Å². The van der Waals surface area contributed by atoms with Gasteiger partial charge in [0.05, 0.1) is 24.4 Å². The van der Waals surface area contributed by atoms with Crippen LogP contribution in [0.15, 0.2) is 0 Å². The van der Waals surface area contributed by atoms with E-state index in [2.05, 4.69) is 6.92 Å². The van der Waals surface area contributed by atoms with E-state index in [0.29, 0.717) is 13.0 Å². The SMILES string of the molecule is CCCCCCCCCCCCOC(=O)C1CCC(C(=O)O)CC1C(=O)O. The maximum Gasteiger partial charge on any atom is 0.309 e. The molecular formula is C21H36O6. The van der Waals surface area contributed by atoms with Crippen molar-refractivity contribution in [2.45, 2.75) is 90.4 Å². The predicted octanol–water partition coefficient (Wildman–Crippen LogP) is 4.65. The van der Waals surface area contributed by atoms with Crippen molar-refractivity contribution in [1.82, 2.24) is 0 Å².